The van der Waals surface area contributed by atoms with Gasteiger partial charge in [-0.2, -0.15) is 0 Å². The van der Waals surface area contributed by atoms with Crippen LogP contribution in [0.3, 0.4) is 0 Å². The number of ether oxygens (including phenoxy) is 1. The van der Waals surface area contributed by atoms with Gasteiger partial charge < -0.3 is 14.7 Å². The molecule has 102 valence electrons. The van der Waals surface area contributed by atoms with Gasteiger partial charge in [0.15, 0.2) is 0 Å². The summed E-state index contributed by atoms with van der Waals surface area (Å²) in [6.45, 7) is 2.89. The van der Waals surface area contributed by atoms with Gasteiger partial charge in [-0.25, -0.2) is 4.79 Å². The summed E-state index contributed by atoms with van der Waals surface area (Å²) in [7, 11) is 0. The van der Waals surface area contributed by atoms with Crippen molar-refractivity contribution in [2.45, 2.75) is 25.8 Å². The molecule has 5 nitrogen and oxygen atoms in total. The van der Waals surface area contributed by atoms with Crippen molar-refractivity contribution in [2.75, 3.05) is 13.2 Å². The summed E-state index contributed by atoms with van der Waals surface area (Å²) in [4.78, 5) is 24.8. The first-order chi connectivity index (χ1) is 9.13. The molecule has 1 fully saturated rings. The molecule has 1 aromatic carbocycles. The van der Waals surface area contributed by atoms with E-state index >= 15 is 0 Å². The average Bonchev–Trinajstić information content (AvgIpc) is 2.88. The van der Waals surface area contributed by atoms with Crippen LogP contribution in [-0.2, 0) is 4.79 Å². The number of carboxylic acid groups (broad SMARTS) is 1. The molecule has 0 unspecified atom stereocenters. The molecule has 1 N–H and O–H groups in total. The fourth-order valence-corrected chi connectivity index (χ4v) is 2.32. The minimum absolute atomic E-state index is 0.244. The Morgan fingerprint density at radius 3 is 2.95 bits per heavy atom. The Labute approximate surface area is 111 Å². The number of rotatable bonds is 4. The van der Waals surface area contributed by atoms with Crippen molar-refractivity contribution in [1.29, 1.82) is 0 Å². The maximum Gasteiger partial charge on any atom is 0.326 e. The molecule has 2 rings (SSSR count). The topological polar surface area (TPSA) is 66.8 Å². The summed E-state index contributed by atoms with van der Waals surface area (Å²) >= 11 is 0. The van der Waals surface area contributed by atoms with Crippen LogP contribution in [0.1, 0.15) is 30.1 Å². The summed E-state index contributed by atoms with van der Waals surface area (Å²) in [6.07, 6.45) is 1.25. The molecule has 0 bridgehead atoms. The maximum absolute atomic E-state index is 12.3. The van der Waals surface area contributed by atoms with Crippen LogP contribution < -0.4 is 4.74 Å². The molecule has 1 aliphatic rings. The number of amides is 1. The summed E-state index contributed by atoms with van der Waals surface area (Å²) in [5.74, 6) is -0.558. The monoisotopic (exact) mass is 263 g/mol. The minimum Gasteiger partial charge on any atom is -0.494 e. The lowest BCUT2D eigenvalue weighted by molar-refractivity contribution is -0.141. The smallest absolute Gasteiger partial charge is 0.326 e. The number of nitrogens with zero attached hydrogens (tertiary/aromatic N) is 1. The summed E-state index contributed by atoms with van der Waals surface area (Å²) < 4.78 is 5.35. The van der Waals surface area contributed by atoms with Gasteiger partial charge in [0.25, 0.3) is 5.91 Å². The lowest BCUT2D eigenvalue weighted by atomic mass is 10.1. The molecule has 0 aromatic heterocycles. The molecule has 1 aliphatic heterocycles. The summed E-state index contributed by atoms with van der Waals surface area (Å²) in [5, 5.41) is 9.10. The molecule has 1 aromatic rings. The van der Waals surface area contributed by atoms with E-state index in [-0.39, 0.29) is 5.91 Å². The lowest BCUT2D eigenvalue weighted by Gasteiger charge is -2.21. The second-order valence-electron chi connectivity index (χ2n) is 4.46. The Bertz CT molecular complexity index is 486. The average molecular weight is 263 g/mol. The van der Waals surface area contributed by atoms with Crippen molar-refractivity contribution in [3.63, 3.8) is 0 Å². The zero-order valence-electron chi connectivity index (χ0n) is 10.8. The summed E-state index contributed by atoms with van der Waals surface area (Å²) in [6, 6.07) is 6.15. The molecule has 5 heteroatoms. The zero-order valence-corrected chi connectivity index (χ0v) is 10.8. The van der Waals surface area contributed by atoms with E-state index < -0.39 is 12.0 Å². The third-order valence-corrected chi connectivity index (χ3v) is 3.19. The number of aliphatic carboxylic acids is 1. The molecular formula is C14H17NO4. The molecule has 1 heterocycles. The van der Waals surface area contributed by atoms with Crippen molar-refractivity contribution in [3.05, 3.63) is 29.8 Å². The van der Waals surface area contributed by atoms with Gasteiger partial charge in [-0.15, -0.1) is 0 Å². The van der Waals surface area contributed by atoms with Crippen LogP contribution in [-0.4, -0.2) is 41.1 Å². The van der Waals surface area contributed by atoms with Crippen molar-refractivity contribution in [1.82, 2.24) is 4.90 Å². The third kappa shape index (κ3) is 2.86. The van der Waals surface area contributed by atoms with Gasteiger partial charge in [0, 0.05) is 12.1 Å². The number of likely N-dealkylation sites (tertiary alicyclic amines) is 1. The van der Waals surface area contributed by atoms with Gasteiger partial charge >= 0.3 is 5.97 Å². The quantitative estimate of drug-likeness (QED) is 0.899. The number of carbonyl (C=O) groups excluding carboxylic acids is 1. The molecular weight excluding hydrogens is 246 g/mol. The van der Waals surface area contributed by atoms with Crippen molar-refractivity contribution < 1.29 is 19.4 Å². The van der Waals surface area contributed by atoms with Crippen LogP contribution in [0.4, 0.5) is 0 Å². The summed E-state index contributed by atoms with van der Waals surface area (Å²) in [5.41, 5.74) is 0.471. The second-order valence-corrected chi connectivity index (χ2v) is 4.46. The van der Waals surface area contributed by atoms with Crippen LogP contribution in [0.2, 0.25) is 0 Å². The first-order valence-electron chi connectivity index (χ1n) is 6.40. The van der Waals surface area contributed by atoms with E-state index in [9.17, 15) is 9.59 Å². The molecule has 1 atom stereocenters. The van der Waals surface area contributed by atoms with E-state index in [0.717, 1.165) is 6.42 Å². The van der Waals surface area contributed by atoms with E-state index in [1.54, 1.807) is 24.3 Å². The predicted octanol–water partition coefficient (Wildman–Crippen LogP) is 1.77. The van der Waals surface area contributed by atoms with E-state index in [4.69, 9.17) is 9.84 Å². The van der Waals surface area contributed by atoms with Crippen molar-refractivity contribution in [3.8, 4) is 5.75 Å². The first-order valence-corrected chi connectivity index (χ1v) is 6.40. The van der Waals surface area contributed by atoms with E-state index in [2.05, 4.69) is 0 Å². The largest absolute Gasteiger partial charge is 0.494 e. The van der Waals surface area contributed by atoms with E-state index in [1.807, 2.05) is 6.92 Å². The fourth-order valence-electron chi connectivity index (χ4n) is 2.32. The number of carbonyl (C=O) groups is 2. The Kier molecular flexibility index (Phi) is 4.04. The first kappa shape index (κ1) is 13.4. The van der Waals surface area contributed by atoms with E-state index in [1.165, 1.54) is 4.90 Å². The van der Waals surface area contributed by atoms with Gasteiger partial charge in [-0.3, -0.25) is 4.79 Å². The normalized spacial score (nSPS) is 18.4. The number of carboxylic acids is 1. The Morgan fingerprint density at radius 2 is 2.26 bits per heavy atom. The van der Waals surface area contributed by atoms with Crippen LogP contribution >= 0.6 is 0 Å². The van der Waals surface area contributed by atoms with Crippen LogP contribution in [0.15, 0.2) is 24.3 Å². The fraction of sp³-hybridized carbons (Fsp3) is 0.429. The molecule has 19 heavy (non-hydrogen) atoms. The third-order valence-electron chi connectivity index (χ3n) is 3.19. The molecule has 1 amide bonds. The minimum atomic E-state index is -0.938. The van der Waals surface area contributed by atoms with Gasteiger partial charge in [-0.1, -0.05) is 6.07 Å². The Balaban J connectivity index is 2.19. The van der Waals surface area contributed by atoms with Gasteiger partial charge in [-0.05, 0) is 38.0 Å². The van der Waals surface area contributed by atoms with Gasteiger partial charge in [0.05, 0.1) is 6.61 Å². The SMILES string of the molecule is CCOc1cccc(C(=O)N2CCC[C@@H]2C(=O)O)c1. The second kappa shape index (κ2) is 5.73. The molecule has 0 aliphatic carbocycles. The standard InChI is InChI=1S/C14H17NO4/c1-2-19-11-6-3-5-10(9-11)13(16)15-8-4-7-12(15)14(17)18/h3,5-6,9,12H,2,4,7-8H2,1H3,(H,17,18)/t12-/m1/s1. The number of benzene rings is 1. The van der Waals surface area contributed by atoms with Gasteiger partial charge in [0.2, 0.25) is 0 Å². The lowest BCUT2D eigenvalue weighted by Crippen LogP contribution is -2.40. The Morgan fingerprint density at radius 1 is 1.47 bits per heavy atom. The van der Waals surface area contributed by atoms with Crippen LogP contribution in [0.25, 0.3) is 0 Å². The number of hydrogen-bond donors (Lipinski definition) is 1. The zero-order chi connectivity index (χ0) is 13.8. The van der Waals surface area contributed by atoms with Crippen LogP contribution in [0.5, 0.6) is 5.75 Å². The molecule has 0 radical (unpaired) electrons. The molecule has 0 saturated carbocycles. The maximum atomic E-state index is 12.3. The van der Waals surface area contributed by atoms with Gasteiger partial charge in [0.1, 0.15) is 11.8 Å². The highest BCUT2D eigenvalue weighted by Crippen LogP contribution is 2.22. The highest BCUT2D eigenvalue weighted by Gasteiger charge is 2.34. The molecule has 1 saturated heterocycles. The Hall–Kier alpha value is -2.04. The highest BCUT2D eigenvalue weighted by atomic mass is 16.5. The van der Waals surface area contributed by atoms with Crippen molar-refractivity contribution in [2.24, 2.45) is 0 Å². The van der Waals surface area contributed by atoms with E-state index in [0.29, 0.717) is 30.9 Å². The van der Waals surface area contributed by atoms with Crippen LogP contribution in [0, 0.1) is 0 Å². The predicted molar refractivity (Wildman–Crippen MR) is 69.3 cm³/mol. The highest BCUT2D eigenvalue weighted by molar-refractivity contribution is 5.97. The van der Waals surface area contributed by atoms with Crippen molar-refractivity contribution >= 4 is 11.9 Å². The molecule has 0 spiro atoms. The number of hydrogen-bond acceptors (Lipinski definition) is 3.